The van der Waals surface area contributed by atoms with Gasteiger partial charge in [0.15, 0.2) is 0 Å². The Bertz CT molecular complexity index is 515. The number of carbonyl (C=O) groups excluding carboxylic acids is 1. The third-order valence-corrected chi connectivity index (χ3v) is 4.34. The monoisotopic (exact) mass is 259 g/mol. The molecule has 1 N–H and O–H groups in total. The van der Waals surface area contributed by atoms with E-state index < -0.39 is 15.8 Å². The number of ether oxygens (including phenoxy) is 1. The van der Waals surface area contributed by atoms with E-state index in [0.29, 0.717) is 13.1 Å². The highest BCUT2D eigenvalue weighted by molar-refractivity contribution is 7.91. The summed E-state index contributed by atoms with van der Waals surface area (Å²) >= 11 is 0. The highest BCUT2D eigenvalue weighted by atomic mass is 32.2. The predicted octanol–water partition coefficient (Wildman–Crippen LogP) is 0.0593. The summed E-state index contributed by atoms with van der Waals surface area (Å²) in [6, 6.07) is 2.59. The molecule has 0 saturated carbocycles. The number of rotatable bonds is 4. The topological polar surface area (TPSA) is 85.6 Å². The van der Waals surface area contributed by atoms with Gasteiger partial charge in [0.1, 0.15) is 0 Å². The second kappa shape index (κ2) is 4.50. The number of hydrogen-bond acceptors (Lipinski definition) is 6. The minimum atomic E-state index is -3.46. The molecule has 1 fully saturated rings. The smallest absolute Gasteiger partial charge is 0.374 e. The van der Waals surface area contributed by atoms with E-state index in [4.69, 9.17) is 4.42 Å². The van der Waals surface area contributed by atoms with E-state index in [1.165, 1.54) is 19.2 Å². The van der Waals surface area contributed by atoms with Crippen LogP contribution < -0.4 is 5.32 Å². The molecule has 0 aromatic carbocycles. The normalized spacial score (nSPS) is 16.5. The van der Waals surface area contributed by atoms with Crippen molar-refractivity contribution in [3.8, 4) is 0 Å². The van der Waals surface area contributed by atoms with Gasteiger partial charge in [-0.3, -0.25) is 0 Å². The molecule has 0 bridgehead atoms. The van der Waals surface area contributed by atoms with E-state index >= 15 is 0 Å². The predicted molar refractivity (Wildman–Crippen MR) is 58.5 cm³/mol. The molecule has 1 aliphatic heterocycles. The van der Waals surface area contributed by atoms with E-state index in [2.05, 4.69) is 10.1 Å². The van der Waals surface area contributed by atoms with Gasteiger partial charge in [0.05, 0.1) is 12.9 Å². The maximum Gasteiger partial charge on any atom is 0.374 e. The van der Waals surface area contributed by atoms with Gasteiger partial charge in [-0.05, 0) is 18.1 Å². The number of hydrogen-bond donors (Lipinski definition) is 1. The summed E-state index contributed by atoms with van der Waals surface area (Å²) in [7, 11) is -2.25. The zero-order valence-corrected chi connectivity index (χ0v) is 10.1. The molecule has 7 heteroatoms. The first-order chi connectivity index (χ1) is 8.03. The third kappa shape index (κ3) is 2.50. The maximum atomic E-state index is 11.9. The Kier molecular flexibility index (Phi) is 3.21. The molecule has 1 saturated heterocycles. The SMILES string of the molecule is COC(=O)c1ccc(S(=O)(=O)CC2CNC2)o1. The van der Waals surface area contributed by atoms with Crippen LogP contribution in [0.5, 0.6) is 0 Å². The van der Waals surface area contributed by atoms with E-state index in [-0.39, 0.29) is 22.5 Å². The summed E-state index contributed by atoms with van der Waals surface area (Å²) in [6.07, 6.45) is 0. The number of carbonyl (C=O) groups is 1. The van der Waals surface area contributed by atoms with Crippen LogP contribution in [0, 0.1) is 5.92 Å². The molecule has 6 nitrogen and oxygen atoms in total. The van der Waals surface area contributed by atoms with Crippen molar-refractivity contribution >= 4 is 15.8 Å². The van der Waals surface area contributed by atoms with Crippen molar-refractivity contribution in [3.63, 3.8) is 0 Å². The van der Waals surface area contributed by atoms with Crippen LogP contribution in [-0.4, -0.2) is 40.3 Å². The Morgan fingerprint density at radius 2 is 2.24 bits per heavy atom. The fourth-order valence-corrected chi connectivity index (χ4v) is 3.07. The molecule has 0 spiro atoms. The van der Waals surface area contributed by atoms with Crippen molar-refractivity contribution in [3.05, 3.63) is 17.9 Å². The van der Waals surface area contributed by atoms with Crippen molar-refractivity contribution in [2.24, 2.45) is 5.92 Å². The van der Waals surface area contributed by atoms with Crippen LogP contribution in [-0.2, 0) is 14.6 Å². The van der Waals surface area contributed by atoms with E-state index in [9.17, 15) is 13.2 Å². The minimum Gasteiger partial charge on any atom is -0.463 e. The lowest BCUT2D eigenvalue weighted by atomic mass is 10.1. The molecule has 17 heavy (non-hydrogen) atoms. The first kappa shape index (κ1) is 12.1. The van der Waals surface area contributed by atoms with Crippen LogP contribution in [0.4, 0.5) is 0 Å². The van der Waals surface area contributed by atoms with Crippen LogP contribution in [0.1, 0.15) is 10.6 Å². The molecule has 0 atom stereocenters. The van der Waals surface area contributed by atoms with Crippen LogP contribution in [0.15, 0.2) is 21.6 Å². The van der Waals surface area contributed by atoms with Crippen molar-refractivity contribution in [1.29, 1.82) is 0 Å². The molecule has 1 aromatic heterocycles. The van der Waals surface area contributed by atoms with Crippen molar-refractivity contribution < 1.29 is 22.4 Å². The lowest BCUT2D eigenvalue weighted by Gasteiger charge is -2.26. The second-order valence-electron chi connectivity index (χ2n) is 3.92. The zero-order valence-electron chi connectivity index (χ0n) is 9.30. The molecule has 0 radical (unpaired) electrons. The molecular formula is C10H13NO5S. The number of esters is 1. The summed E-state index contributed by atoms with van der Waals surface area (Å²) in [6.45, 7) is 1.40. The highest BCUT2D eigenvalue weighted by Gasteiger charge is 2.28. The molecular weight excluding hydrogens is 246 g/mol. The zero-order chi connectivity index (χ0) is 12.5. The Balaban J connectivity index is 2.15. The number of furan rings is 1. The Labute approximate surface area is 98.9 Å². The number of methoxy groups -OCH3 is 1. The molecule has 2 heterocycles. The lowest BCUT2D eigenvalue weighted by molar-refractivity contribution is 0.0559. The van der Waals surface area contributed by atoms with Crippen molar-refractivity contribution in [1.82, 2.24) is 5.32 Å². The molecule has 0 unspecified atom stereocenters. The fraction of sp³-hybridized carbons (Fsp3) is 0.500. The van der Waals surface area contributed by atoms with Gasteiger partial charge in [0.2, 0.25) is 20.7 Å². The Hall–Kier alpha value is -1.34. The molecule has 94 valence electrons. The van der Waals surface area contributed by atoms with Crippen molar-refractivity contribution in [2.45, 2.75) is 5.09 Å². The second-order valence-corrected chi connectivity index (χ2v) is 5.88. The van der Waals surface area contributed by atoms with Gasteiger partial charge in [0.25, 0.3) is 0 Å². The Morgan fingerprint density at radius 3 is 2.76 bits per heavy atom. The summed E-state index contributed by atoms with van der Waals surface area (Å²) < 4.78 is 33.2. The van der Waals surface area contributed by atoms with Crippen LogP contribution >= 0.6 is 0 Å². The van der Waals surface area contributed by atoms with Gasteiger partial charge in [-0.1, -0.05) is 0 Å². The van der Waals surface area contributed by atoms with E-state index in [0.717, 1.165) is 0 Å². The molecule has 2 rings (SSSR count). The average molecular weight is 259 g/mol. The van der Waals surface area contributed by atoms with Crippen LogP contribution in [0.2, 0.25) is 0 Å². The van der Waals surface area contributed by atoms with Gasteiger partial charge in [0, 0.05) is 13.1 Å². The number of sulfone groups is 1. The minimum absolute atomic E-state index is 0.0358. The molecule has 0 aliphatic carbocycles. The lowest BCUT2D eigenvalue weighted by Crippen LogP contribution is -2.45. The highest BCUT2D eigenvalue weighted by Crippen LogP contribution is 2.19. The van der Waals surface area contributed by atoms with Gasteiger partial charge in [-0.2, -0.15) is 0 Å². The largest absolute Gasteiger partial charge is 0.463 e. The molecule has 1 aromatic rings. The van der Waals surface area contributed by atoms with Crippen molar-refractivity contribution in [2.75, 3.05) is 26.0 Å². The average Bonchev–Trinajstić information content (AvgIpc) is 2.72. The van der Waals surface area contributed by atoms with Gasteiger partial charge >= 0.3 is 5.97 Å². The summed E-state index contributed by atoms with van der Waals surface area (Å²) in [5.41, 5.74) is 0. The van der Waals surface area contributed by atoms with Gasteiger partial charge in [-0.25, -0.2) is 13.2 Å². The van der Waals surface area contributed by atoms with Crippen LogP contribution in [0.25, 0.3) is 0 Å². The summed E-state index contributed by atoms with van der Waals surface area (Å²) in [4.78, 5) is 11.1. The number of nitrogens with one attached hydrogen (secondary N) is 1. The molecule has 0 amide bonds. The quantitative estimate of drug-likeness (QED) is 0.769. The summed E-state index contributed by atoms with van der Waals surface area (Å²) in [5.74, 6) is -0.630. The molecule has 1 aliphatic rings. The van der Waals surface area contributed by atoms with E-state index in [1.54, 1.807) is 0 Å². The summed E-state index contributed by atoms with van der Waals surface area (Å²) in [5, 5.41) is 2.82. The Morgan fingerprint density at radius 1 is 1.53 bits per heavy atom. The van der Waals surface area contributed by atoms with Gasteiger partial charge < -0.3 is 14.5 Å². The first-order valence-electron chi connectivity index (χ1n) is 5.14. The third-order valence-electron chi connectivity index (χ3n) is 2.60. The maximum absolute atomic E-state index is 11.9. The standard InChI is InChI=1S/C10H13NO5S/c1-15-10(12)8-2-3-9(16-8)17(13,14)6-7-4-11-5-7/h2-3,7,11H,4-6H2,1H3. The first-order valence-corrected chi connectivity index (χ1v) is 6.80. The van der Waals surface area contributed by atoms with E-state index in [1.807, 2.05) is 0 Å². The fourth-order valence-electron chi connectivity index (χ4n) is 1.56. The van der Waals surface area contributed by atoms with Gasteiger partial charge in [-0.15, -0.1) is 0 Å². The van der Waals surface area contributed by atoms with Crippen LogP contribution in [0.3, 0.4) is 0 Å².